The molecular formula is C28H51NO13. The Bertz CT molecular complexity index is 785. The van der Waals surface area contributed by atoms with Gasteiger partial charge in [0.2, 0.25) is 5.91 Å². The first-order valence-corrected chi connectivity index (χ1v) is 14.9. The summed E-state index contributed by atoms with van der Waals surface area (Å²) in [6.45, 7) is 2.39. The van der Waals surface area contributed by atoms with Crippen molar-refractivity contribution >= 4 is 5.91 Å². The third-order valence-corrected chi connectivity index (χ3v) is 7.47. The molecule has 42 heavy (non-hydrogen) atoms. The van der Waals surface area contributed by atoms with E-state index in [4.69, 9.17) is 18.9 Å². The first-order valence-electron chi connectivity index (χ1n) is 14.9. The van der Waals surface area contributed by atoms with E-state index in [1.165, 1.54) is 0 Å². The summed E-state index contributed by atoms with van der Waals surface area (Å²) in [6, 6.07) is -0.898. The lowest BCUT2D eigenvalue weighted by Crippen LogP contribution is -2.65. The molecule has 9 N–H and O–H groups in total. The Balaban J connectivity index is 2.06. The number of hydrogen-bond acceptors (Lipinski definition) is 13. The molecule has 0 bridgehead atoms. The molecular weight excluding hydrogens is 558 g/mol. The molecule has 0 radical (unpaired) electrons. The van der Waals surface area contributed by atoms with E-state index < -0.39 is 86.8 Å². The van der Waals surface area contributed by atoms with Crippen LogP contribution in [0.25, 0.3) is 0 Å². The Morgan fingerprint density at radius 2 is 1.45 bits per heavy atom. The number of allylic oxidation sites excluding steroid dienone is 1. The molecule has 0 aliphatic carbocycles. The van der Waals surface area contributed by atoms with Crippen LogP contribution in [0.4, 0.5) is 0 Å². The monoisotopic (exact) mass is 609 g/mol. The zero-order valence-electron chi connectivity index (χ0n) is 24.5. The first-order chi connectivity index (χ1) is 20.1. The average molecular weight is 610 g/mol. The van der Waals surface area contributed by atoms with Crippen LogP contribution in [0.1, 0.15) is 65.2 Å². The van der Waals surface area contributed by atoms with Gasteiger partial charge in [-0.15, -0.1) is 0 Å². The van der Waals surface area contributed by atoms with E-state index >= 15 is 0 Å². The SMILES string of the molecule is CCCCC/C=C/C(O)C(COC1OC(CO)C(OC2OC(CO)C(O)C(O)C2O)C(O)C1O)NC(=O)CCCCC. The predicted octanol–water partition coefficient (Wildman–Crippen LogP) is -1.81. The van der Waals surface area contributed by atoms with Gasteiger partial charge in [0.25, 0.3) is 0 Å². The highest BCUT2D eigenvalue weighted by Crippen LogP contribution is 2.29. The number of aliphatic hydroxyl groups excluding tert-OH is 8. The Morgan fingerprint density at radius 1 is 0.833 bits per heavy atom. The van der Waals surface area contributed by atoms with Crippen LogP contribution >= 0.6 is 0 Å². The van der Waals surface area contributed by atoms with Gasteiger partial charge in [-0.05, 0) is 19.3 Å². The molecule has 12 unspecified atom stereocenters. The quantitative estimate of drug-likeness (QED) is 0.0617. The maximum absolute atomic E-state index is 12.5. The van der Waals surface area contributed by atoms with E-state index in [0.29, 0.717) is 6.42 Å². The van der Waals surface area contributed by atoms with E-state index in [9.17, 15) is 45.6 Å². The van der Waals surface area contributed by atoms with Crippen molar-refractivity contribution in [3.8, 4) is 0 Å². The van der Waals surface area contributed by atoms with Crippen LogP contribution in [0.2, 0.25) is 0 Å². The molecule has 1 amide bonds. The zero-order valence-corrected chi connectivity index (χ0v) is 24.5. The van der Waals surface area contributed by atoms with E-state index in [1.807, 2.05) is 13.0 Å². The van der Waals surface area contributed by atoms with Crippen molar-refractivity contribution in [1.29, 1.82) is 0 Å². The Hall–Kier alpha value is -1.27. The molecule has 2 heterocycles. The second kappa shape index (κ2) is 19.2. The van der Waals surface area contributed by atoms with Crippen molar-refractivity contribution in [2.24, 2.45) is 0 Å². The minimum absolute atomic E-state index is 0.266. The van der Waals surface area contributed by atoms with E-state index in [1.54, 1.807) is 6.08 Å². The molecule has 0 aromatic heterocycles. The summed E-state index contributed by atoms with van der Waals surface area (Å²) in [6.07, 6.45) is -6.92. The van der Waals surface area contributed by atoms with Gasteiger partial charge < -0.3 is 65.1 Å². The largest absolute Gasteiger partial charge is 0.394 e. The van der Waals surface area contributed by atoms with Crippen LogP contribution in [0.15, 0.2) is 12.2 Å². The minimum Gasteiger partial charge on any atom is -0.394 e. The number of amides is 1. The highest BCUT2D eigenvalue weighted by Gasteiger charge is 2.50. The van der Waals surface area contributed by atoms with Crippen molar-refractivity contribution in [1.82, 2.24) is 5.32 Å². The number of carbonyl (C=O) groups excluding carboxylic acids is 1. The van der Waals surface area contributed by atoms with E-state index in [0.717, 1.165) is 38.5 Å². The number of rotatable bonds is 18. The summed E-state index contributed by atoms with van der Waals surface area (Å²) in [7, 11) is 0. The fourth-order valence-corrected chi connectivity index (χ4v) is 4.81. The third kappa shape index (κ3) is 10.7. The molecule has 2 aliphatic rings. The summed E-state index contributed by atoms with van der Waals surface area (Å²) in [5, 5.41) is 84.7. The lowest BCUT2D eigenvalue weighted by molar-refractivity contribution is -0.359. The van der Waals surface area contributed by atoms with Crippen molar-refractivity contribution in [3.63, 3.8) is 0 Å². The molecule has 14 heteroatoms. The maximum atomic E-state index is 12.5. The molecule has 0 aromatic carbocycles. The number of carbonyl (C=O) groups is 1. The van der Waals surface area contributed by atoms with E-state index in [-0.39, 0.29) is 18.9 Å². The minimum atomic E-state index is -1.78. The summed E-state index contributed by atoms with van der Waals surface area (Å²) < 4.78 is 22.2. The van der Waals surface area contributed by atoms with Gasteiger partial charge in [-0.2, -0.15) is 0 Å². The van der Waals surface area contributed by atoms with Gasteiger partial charge >= 0.3 is 0 Å². The van der Waals surface area contributed by atoms with Gasteiger partial charge in [0, 0.05) is 6.42 Å². The average Bonchev–Trinajstić information content (AvgIpc) is 2.98. The molecule has 12 atom stereocenters. The normalized spacial score (nSPS) is 35.3. The van der Waals surface area contributed by atoms with Crippen molar-refractivity contribution in [2.45, 2.75) is 139 Å². The van der Waals surface area contributed by atoms with Crippen molar-refractivity contribution in [2.75, 3.05) is 19.8 Å². The van der Waals surface area contributed by atoms with Gasteiger partial charge in [-0.3, -0.25) is 4.79 Å². The summed E-state index contributed by atoms with van der Waals surface area (Å²) in [5.74, 6) is -0.276. The smallest absolute Gasteiger partial charge is 0.220 e. The number of aliphatic hydroxyl groups is 8. The fourth-order valence-electron chi connectivity index (χ4n) is 4.81. The fraction of sp³-hybridized carbons (Fsp3) is 0.893. The van der Waals surface area contributed by atoms with Gasteiger partial charge in [-0.25, -0.2) is 0 Å². The highest BCUT2D eigenvalue weighted by molar-refractivity contribution is 5.76. The molecule has 0 aromatic rings. The first kappa shape index (κ1) is 36.9. The van der Waals surface area contributed by atoms with Gasteiger partial charge in [-0.1, -0.05) is 51.7 Å². The highest BCUT2D eigenvalue weighted by atomic mass is 16.7. The zero-order chi connectivity index (χ0) is 31.2. The molecule has 2 saturated heterocycles. The van der Waals surface area contributed by atoms with E-state index in [2.05, 4.69) is 12.2 Å². The molecule has 246 valence electrons. The molecule has 2 fully saturated rings. The number of hydrogen-bond donors (Lipinski definition) is 9. The Morgan fingerprint density at radius 3 is 2.10 bits per heavy atom. The van der Waals surface area contributed by atoms with Gasteiger partial charge in [0.15, 0.2) is 12.6 Å². The van der Waals surface area contributed by atoms with Crippen LogP contribution in [0, 0.1) is 0 Å². The Kier molecular flexibility index (Phi) is 16.9. The van der Waals surface area contributed by atoms with Gasteiger partial charge in [0.05, 0.1) is 32.0 Å². The summed E-state index contributed by atoms with van der Waals surface area (Å²) in [4.78, 5) is 12.5. The van der Waals surface area contributed by atoms with Crippen LogP contribution in [-0.4, -0.2) is 140 Å². The number of nitrogens with one attached hydrogen (secondary N) is 1. The summed E-state index contributed by atoms with van der Waals surface area (Å²) in [5.41, 5.74) is 0. The predicted molar refractivity (Wildman–Crippen MR) is 148 cm³/mol. The molecule has 2 aliphatic heterocycles. The van der Waals surface area contributed by atoms with Gasteiger partial charge in [0.1, 0.15) is 48.8 Å². The molecule has 0 saturated carbocycles. The standard InChI is InChI=1S/C28H51NO13/c1-3-5-7-8-10-11-17(32)16(29-20(33)12-9-6-4-2)15-39-27-25(38)23(36)26(19(14-31)41-27)42-28-24(37)22(35)21(34)18(13-30)40-28/h10-11,16-19,21-28,30-32,34-38H,3-9,12-15H2,1-2H3,(H,29,33)/b11-10+. The number of unbranched alkanes of at least 4 members (excludes halogenated alkanes) is 5. The third-order valence-electron chi connectivity index (χ3n) is 7.47. The maximum Gasteiger partial charge on any atom is 0.220 e. The summed E-state index contributed by atoms with van der Waals surface area (Å²) >= 11 is 0. The molecule has 2 rings (SSSR count). The molecule has 0 spiro atoms. The van der Waals surface area contributed by atoms with Crippen LogP contribution < -0.4 is 5.32 Å². The van der Waals surface area contributed by atoms with Crippen LogP contribution in [0.5, 0.6) is 0 Å². The lowest BCUT2D eigenvalue weighted by atomic mass is 9.97. The molecule has 14 nitrogen and oxygen atoms in total. The van der Waals surface area contributed by atoms with Crippen molar-refractivity contribution < 1.29 is 64.6 Å². The second-order valence-corrected chi connectivity index (χ2v) is 10.9. The van der Waals surface area contributed by atoms with Crippen LogP contribution in [-0.2, 0) is 23.7 Å². The Labute approximate surface area is 246 Å². The number of ether oxygens (including phenoxy) is 4. The lowest BCUT2D eigenvalue weighted by Gasteiger charge is -2.46. The van der Waals surface area contributed by atoms with Crippen molar-refractivity contribution in [3.05, 3.63) is 12.2 Å². The topological polar surface area (TPSA) is 228 Å². The second-order valence-electron chi connectivity index (χ2n) is 10.9. The van der Waals surface area contributed by atoms with Crippen LogP contribution in [0.3, 0.4) is 0 Å².